The number of nitrogens with zero attached hydrogens (tertiary/aromatic N) is 4. The van der Waals surface area contributed by atoms with Crippen LogP contribution in [0.5, 0.6) is 5.75 Å². The molecule has 4 rings (SSSR count). The van der Waals surface area contributed by atoms with E-state index in [2.05, 4.69) is 16.8 Å². The van der Waals surface area contributed by atoms with Gasteiger partial charge in [0.05, 0.1) is 17.1 Å². The van der Waals surface area contributed by atoms with Crippen LogP contribution >= 0.6 is 11.3 Å². The third-order valence-electron chi connectivity index (χ3n) is 4.89. The Morgan fingerprint density at radius 3 is 2.79 bits per heavy atom. The Labute approximate surface area is 174 Å². The number of carbonyl (C=O) groups is 1. The van der Waals surface area contributed by atoms with Crippen molar-refractivity contribution in [3.8, 4) is 27.7 Å². The lowest BCUT2D eigenvalue weighted by Crippen LogP contribution is -2.46. The summed E-state index contributed by atoms with van der Waals surface area (Å²) < 4.78 is 5.84. The molecule has 1 aliphatic rings. The molecule has 0 bridgehead atoms. The molecule has 1 amide bonds. The van der Waals surface area contributed by atoms with Crippen molar-refractivity contribution in [2.45, 2.75) is 20.0 Å². The number of hydrogen-bond donors (Lipinski definition) is 0. The maximum Gasteiger partial charge on any atom is 0.267 e. The van der Waals surface area contributed by atoms with Gasteiger partial charge >= 0.3 is 0 Å². The molecule has 1 unspecified atom stereocenters. The normalized spacial score (nSPS) is 16.1. The summed E-state index contributed by atoms with van der Waals surface area (Å²) in [6, 6.07) is 11.8. The van der Waals surface area contributed by atoms with E-state index in [9.17, 15) is 4.79 Å². The van der Waals surface area contributed by atoms with E-state index in [1.54, 1.807) is 24.5 Å². The Balaban J connectivity index is 1.72. The molecule has 2 aromatic heterocycles. The number of pyridine rings is 1. The van der Waals surface area contributed by atoms with Crippen LogP contribution in [0.15, 0.2) is 42.6 Å². The first kappa shape index (κ1) is 19.5. The maximum atomic E-state index is 12.8. The van der Waals surface area contributed by atoms with Crippen molar-refractivity contribution in [2.75, 3.05) is 32.1 Å². The van der Waals surface area contributed by atoms with Crippen LogP contribution in [0.1, 0.15) is 11.8 Å². The molecular weight excluding hydrogens is 384 g/mol. The quantitative estimate of drug-likeness (QED) is 0.642. The SMILES string of the molecule is Cc1sc(-c2ccccn2)nc1-c1ccc2c(c1)N(CCN(C)C)C(=O)C(C)O2. The Bertz CT molecular complexity index is 1030. The van der Waals surface area contributed by atoms with Gasteiger partial charge in [-0.25, -0.2) is 4.98 Å². The van der Waals surface area contributed by atoms with Gasteiger partial charge in [0, 0.05) is 29.7 Å². The van der Waals surface area contributed by atoms with Gasteiger partial charge in [-0.1, -0.05) is 6.07 Å². The molecule has 1 atom stereocenters. The highest BCUT2D eigenvalue weighted by atomic mass is 32.1. The number of thiazole rings is 1. The molecule has 0 saturated heterocycles. The van der Waals surface area contributed by atoms with Crippen LogP contribution in [0.25, 0.3) is 22.0 Å². The minimum atomic E-state index is -0.479. The van der Waals surface area contributed by atoms with Gasteiger partial charge in [0.15, 0.2) is 6.10 Å². The van der Waals surface area contributed by atoms with Gasteiger partial charge in [0.25, 0.3) is 5.91 Å². The summed E-state index contributed by atoms with van der Waals surface area (Å²) >= 11 is 1.62. The van der Waals surface area contributed by atoms with Crippen LogP contribution in [0.2, 0.25) is 0 Å². The van der Waals surface area contributed by atoms with Crippen LogP contribution < -0.4 is 9.64 Å². The van der Waals surface area contributed by atoms with Gasteiger partial charge in [0.1, 0.15) is 10.8 Å². The first-order valence-electron chi connectivity index (χ1n) is 9.60. The van der Waals surface area contributed by atoms with Crippen molar-refractivity contribution in [2.24, 2.45) is 0 Å². The van der Waals surface area contributed by atoms with Crippen molar-refractivity contribution >= 4 is 22.9 Å². The molecule has 1 aliphatic heterocycles. The van der Waals surface area contributed by atoms with Crippen molar-refractivity contribution in [3.05, 3.63) is 47.5 Å². The fraction of sp³-hybridized carbons (Fsp3) is 0.318. The summed E-state index contributed by atoms with van der Waals surface area (Å²) in [6.45, 7) is 5.25. The predicted octanol–water partition coefficient (Wildman–Crippen LogP) is 3.86. The molecule has 7 heteroatoms. The first-order valence-corrected chi connectivity index (χ1v) is 10.4. The van der Waals surface area contributed by atoms with E-state index < -0.39 is 6.10 Å². The van der Waals surface area contributed by atoms with Gasteiger partial charge in [0.2, 0.25) is 0 Å². The van der Waals surface area contributed by atoms with E-state index in [4.69, 9.17) is 9.72 Å². The predicted molar refractivity (Wildman–Crippen MR) is 117 cm³/mol. The van der Waals surface area contributed by atoms with E-state index in [1.165, 1.54) is 0 Å². The minimum absolute atomic E-state index is 0.0133. The third kappa shape index (κ3) is 3.88. The minimum Gasteiger partial charge on any atom is -0.479 e. The number of aromatic nitrogens is 2. The van der Waals surface area contributed by atoms with Crippen LogP contribution in [0, 0.1) is 6.92 Å². The number of ether oxygens (including phenoxy) is 1. The van der Waals surface area contributed by atoms with Crippen LogP contribution in [0.3, 0.4) is 0 Å². The summed E-state index contributed by atoms with van der Waals surface area (Å²) in [7, 11) is 4.01. The zero-order valence-corrected chi connectivity index (χ0v) is 17.9. The van der Waals surface area contributed by atoms with E-state index in [0.29, 0.717) is 6.54 Å². The molecule has 0 fully saturated rings. The number of fused-ring (bicyclic) bond motifs is 1. The van der Waals surface area contributed by atoms with Gasteiger partial charge in [-0.15, -0.1) is 11.3 Å². The molecule has 0 N–H and O–H groups in total. The Kier molecular flexibility index (Phi) is 5.34. The first-order chi connectivity index (χ1) is 13.9. The highest BCUT2D eigenvalue weighted by Crippen LogP contribution is 2.39. The zero-order valence-electron chi connectivity index (χ0n) is 17.0. The molecule has 1 aromatic carbocycles. The van der Waals surface area contributed by atoms with Gasteiger partial charge in [-0.2, -0.15) is 0 Å². The fourth-order valence-electron chi connectivity index (χ4n) is 3.35. The Hall–Kier alpha value is -2.77. The van der Waals surface area contributed by atoms with Gasteiger partial charge in [-0.3, -0.25) is 9.78 Å². The number of amides is 1. The lowest BCUT2D eigenvalue weighted by Gasteiger charge is -2.34. The second-order valence-corrected chi connectivity index (χ2v) is 8.58. The van der Waals surface area contributed by atoms with Crippen molar-refractivity contribution in [1.82, 2.24) is 14.9 Å². The maximum absolute atomic E-state index is 12.8. The summed E-state index contributed by atoms with van der Waals surface area (Å²) in [4.78, 5) is 27.0. The molecule has 0 saturated carbocycles. The van der Waals surface area contributed by atoms with E-state index in [0.717, 1.165) is 44.8 Å². The van der Waals surface area contributed by atoms with Crippen LogP contribution in [0.4, 0.5) is 5.69 Å². The Morgan fingerprint density at radius 2 is 2.07 bits per heavy atom. The zero-order chi connectivity index (χ0) is 20.5. The molecule has 3 heterocycles. The molecule has 6 nitrogen and oxygen atoms in total. The summed E-state index contributed by atoms with van der Waals surface area (Å²) in [5.41, 5.74) is 3.56. The second-order valence-electron chi connectivity index (χ2n) is 7.37. The van der Waals surface area contributed by atoms with Gasteiger partial charge < -0.3 is 14.5 Å². The number of anilines is 1. The molecule has 0 radical (unpaired) electrons. The number of carbonyl (C=O) groups excluding carboxylic acids is 1. The Morgan fingerprint density at radius 1 is 1.24 bits per heavy atom. The molecular formula is C22H24N4O2S. The highest BCUT2D eigenvalue weighted by molar-refractivity contribution is 7.15. The van der Waals surface area contributed by atoms with Gasteiger partial charge in [-0.05, 0) is 58.3 Å². The highest BCUT2D eigenvalue weighted by Gasteiger charge is 2.31. The standard InChI is InChI=1S/C22H24N4O2S/c1-14-22(27)26(12-11-25(3)4)18-13-16(8-9-19(18)28-14)20-15(2)29-21(24-20)17-7-5-6-10-23-17/h5-10,13-14H,11-12H2,1-4H3. The largest absolute Gasteiger partial charge is 0.479 e. The third-order valence-corrected chi connectivity index (χ3v) is 5.89. The number of hydrogen-bond acceptors (Lipinski definition) is 6. The van der Waals surface area contributed by atoms with E-state index in [1.807, 2.05) is 55.4 Å². The molecule has 0 aliphatic carbocycles. The molecule has 3 aromatic rings. The van der Waals surface area contributed by atoms with Crippen LogP contribution in [-0.2, 0) is 4.79 Å². The number of benzene rings is 1. The monoisotopic (exact) mass is 408 g/mol. The summed E-state index contributed by atoms with van der Waals surface area (Å²) in [6.07, 6.45) is 1.30. The van der Waals surface area contributed by atoms with Crippen LogP contribution in [-0.4, -0.2) is 54.1 Å². The van der Waals surface area contributed by atoms with Crippen molar-refractivity contribution < 1.29 is 9.53 Å². The topological polar surface area (TPSA) is 58.6 Å². The van der Waals surface area contributed by atoms with Crippen molar-refractivity contribution in [3.63, 3.8) is 0 Å². The fourth-order valence-corrected chi connectivity index (χ4v) is 4.26. The number of likely N-dealkylation sites (N-methyl/N-ethyl adjacent to an activating group) is 1. The molecule has 0 spiro atoms. The molecule has 29 heavy (non-hydrogen) atoms. The average Bonchev–Trinajstić information content (AvgIpc) is 3.10. The van der Waals surface area contributed by atoms with Crippen molar-refractivity contribution in [1.29, 1.82) is 0 Å². The van der Waals surface area contributed by atoms with E-state index in [-0.39, 0.29) is 5.91 Å². The summed E-state index contributed by atoms with van der Waals surface area (Å²) in [5, 5.41) is 0.890. The molecule has 150 valence electrons. The smallest absolute Gasteiger partial charge is 0.267 e. The average molecular weight is 409 g/mol. The lowest BCUT2D eigenvalue weighted by atomic mass is 10.1. The van der Waals surface area contributed by atoms with E-state index >= 15 is 0 Å². The lowest BCUT2D eigenvalue weighted by molar-refractivity contribution is -0.125. The second kappa shape index (κ2) is 7.93. The number of aryl methyl sites for hydroxylation is 1. The summed E-state index contributed by atoms with van der Waals surface area (Å²) in [5.74, 6) is 0.720. The number of rotatable bonds is 5.